The highest BCUT2D eigenvalue weighted by molar-refractivity contribution is 5.85. The molecule has 1 aliphatic carbocycles. The fourth-order valence-corrected chi connectivity index (χ4v) is 5.39. The molecule has 0 spiro atoms. The summed E-state index contributed by atoms with van der Waals surface area (Å²) in [5.74, 6) is -0.277. The molecule has 2 heterocycles. The average molecular weight is 470 g/mol. The van der Waals surface area contributed by atoms with Gasteiger partial charge in [0, 0.05) is 31.3 Å². The van der Waals surface area contributed by atoms with Crippen molar-refractivity contribution in [3.05, 3.63) is 34.0 Å². The molecule has 0 radical (unpaired) electrons. The van der Waals surface area contributed by atoms with E-state index in [1.807, 2.05) is 11.5 Å². The summed E-state index contributed by atoms with van der Waals surface area (Å²) in [6.07, 6.45) is 6.69. The van der Waals surface area contributed by atoms with E-state index in [2.05, 4.69) is 16.8 Å². The van der Waals surface area contributed by atoms with Crippen molar-refractivity contribution in [1.82, 2.24) is 14.5 Å². The SMILES string of the molecule is CCOCCOC1CCC(C)(N2CCC(n3c(=O)[nH]c4cc(F)c(C)cc43)CC2)CC1.Cl. The van der Waals surface area contributed by atoms with Gasteiger partial charge in [0.2, 0.25) is 0 Å². The molecule has 1 aliphatic heterocycles. The number of aryl methyl sites for hydroxylation is 1. The van der Waals surface area contributed by atoms with Gasteiger partial charge < -0.3 is 14.5 Å². The molecule has 2 fully saturated rings. The Morgan fingerprint density at radius 3 is 2.50 bits per heavy atom. The van der Waals surface area contributed by atoms with Crippen molar-refractivity contribution in [2.24, 2.45) is 0 Å². The zero-order valence-electron chi connectivity index (χ0n) is 19.5. The fraction of sp³-hybridized carbons (Fsp3) is 0.708. The van der Waals surface area contributed by atoms with Gasteiger partial charge in [-0.1, -0.05) is 0 Å². The van der Waals surface area contributed by atoms with Crippen molar-refractivity contribution in [1.29, 1.82) is 0 Å². The lowest BCUT2D eigenvalue weighted by atomic mass is 9.79. The van der Waals surface area contributed by atoms with Gasteiger partial charge in [0.15, 0.2) is 0 Å². The minimum Gasteiger partial charge on any atom is -0.379 e. The summed E-state index contributed by atoms with van der Waals surface area (Å²) in [5.41, 5.74) is 2.05. The number of nitrogens with one attached hydrogen (secondary N) is 1. The van der Waals surface area contributed by atoms with Crippen LogP contribution in [0, 0.1) is 12.7 Å². The summed E-state index contributed by atoms with van der Waals surface area (Å²) in [6.45, 7) is 10.2. The summed E-state index contributed by atoms with van der Waals surface area (Å²) >= 11 is 0. The number of hydrogen-bond acceptors (Lipinski definition) is 4. The van der Waals surface area contributed by atoms with Crippen LogP contribution in [0.25, 0.3) is 11.0 Å². The maximum Gasteiger partial charge on any atom is 0.326 e. The summed E-state index contributed by atoms with van der Waals surface area (Å²) in [4.78, 5) is 18.1. The first-order chi connectivity index (χ1) is 14.9. The molecule has 0 bridgehead atoms. The minimum atomic E-state index is -0.277. The Labute approximate surface area is 195 Å². The Bertz CT molecular complexity index is 944. The van der Waals surface area contributed by atoms with Crippen molar-refractivity contribution < 1.29 is 13.9 Å². The van der Waals surface area contributed by atoms with Gasteiger partial charge in [-0.05, 0) is 77.0 Å². The first kappa shape index (κ1) is 25.2. The highest BCUT2D eigenvalue weighted by Crippen LogP contribution is 2.38. The van der Waals surface area contributed by atoms with Gasteiger partial charge in [-0.15, -0.1) is 12.4 Å². The normalized spacial score (nSPS) is 25.2. The first-order valence-corrected chi connectivity index (χ1v) is 11.8. The third-order valence-corrected chi connectivity index (χ3v) is 7.39. The molecule has 8 heteroatoms. The molecule has 6 nitrogen and oxygen atoms in total. The van der Waals surface area contributed by atoms with Crippen molar-refractivity contribution in [3.8, 4) is 0 Å². The maximum absolute atomic E-state index is 13.9. The van der Waals surface area contributed by atoms with Gasteiger partial charge in [0.25, 0.3) is 0 Å². The Balaban J connectivity index is 0.00000289. The second-order valence-corrected chi connectivity index (χ2v) is 9.40. The second-order valence-electron chi connectivity index (χ2n) is 9.40. The molecule has 1 aromatic carbocycles. The van der Waals surface area contributed by atoms with Gasteiger partial charge in [0.1, 0.15) is 5.82 Å². The van der Waals surface area contributed by atoms with Crippen LogP contribution in [0.15, 0.2) is 16.9 Å². The largest absolute Gasteiger partial charge is 0.379 e. The van der Waals surface area contributed by atoms with Crippen molar-refractivity contribution in [2.75, 3.05) is 32.9 Å². The number of benzene rings is 1. The lowest BCUT2D eigenvalue weighted by Gasteiger charge is -2.48. The van der Waals surface area contributed by atoms with E-state index < -0.39 is 0 Å². The molecule has 1 saturated carbocycles. The molecule has 2 aliphatic rings. The molecule has 2 aromatic rings. The molecular formula is C24H37ClFN3O3. The fourth-order valence-electron chi connectivity index (χ4n) is 5.39. The number of ether oxygens (including phenoxy) is 2. The minimum absolute atomic E-state index is 0. The van der Waals surface area contributed by atoms with Crippen LogP contribution in [-0.4, -0.2) is 59.0 Å². The van der Waals surface area contributed by atoms with E-state index in [1.165, 1.54) is 6.07 Å². The van der Waals surface area contributed by atoms with Crippen molar-refractivity contribution >= 4 is 23.4 Å². The van der Waals surface area contributed by atoms with E-state index in [4.69, 9.17) is 9.47 Å². The van der Waals surface area contributed by atoms with Crippen LogP contribution in [-0.2, 0) is 9.47 Å². The van der Waals surface area contributed by atoms with Gasteiger partial charge >= 0.3 is 5.69 Å². The highest BCUT2D eigenvalue weighted by Gasteiger charge is 2.38. The smallest absolute Gasteiger partial charge is 0.326 e. The molecule has 1 N–H and O–H groups in total. The third kappa shape index (κ3) is 5.22. The van der Waals surface area contributed by atoms with Crippen molar-refractivity contribution in [3.63, 3.8) is 0 Å². The monoisotopic (exact) mass is 469 g/mol. The Morgan fingerprint density at radius 2 is 1.84 bits per heavy atom. The topological polar surface area (TPSA) is 59.5 Å². The second kappa shape index (κ2) is 10.7. The number of aromatic nitrogens is 2. The molecule has 4 rings (SSSR count). The third-order valence-electron chi connectivity index (χ3n) is 7.39. The molecule has 180 valence electrons. The van der Waals surface area contributed by atoms with Crippen LogP contribution in [0.3, 0.4) is 0 Å². The van der Waals surface area contributed by atoms with E-state index in [0.717, 1.165) is 63.7 Å². The average Bonchev–Trinajstić information content (AvgIpc) is 3.07. The lowest BCUT2D eigenvalue weighted by molar-refractivity contribution is -0.0450. The van der Waals surface area contributed by atoms with Crippen LogP contribution >= 0.6 is 12.4 Å². The van der Waals surface area contributed by atoms with Crippen LogP contribution in [0.5, 0.6) is 0 Å². The zero-order valence-corrected chi connectivity index (χ0v) is 20.3. The number of aromatic amines is 1. The van der Waals surface area contributed by atoms with E-state index in [1.54, 1.807) is 13.0 Å². The highest BCUT2D eigenvalue weighted by atomic mass is 35.5. The molecule has 1 saturated heterocycles. The Kier molecular flexibility index (Phi) is 8.42. The van der Waals surface area contributed by atoms with Gasteiger partial charge in [-0.2, -0.15) is 0 Å². The predicted octanol–water partition coefficient (Wildman–Crippen LogP) is 4.59. The molecule has 0 amide bonds. The summed E-state index contributed by atoms with van der Waals surface area (Å²) in [6, 6.07) is 3.39. The molecule has 0 atom stereocenters. The number of halogens is 2. The molecule has 32 heavy (non-hydrogen) atoms. The van der Waals surface area contributed by atoms with Crippen LogP contribution in [0.4, 0.5) is 4.39 Å². The van der Waals surface area contributed by atoms with E-state index in [9.17, 15) is 9.18 Å². The number of rotatable bonds is 7. The molecule has 0 unspecified atom stereocenters. The van der Waals surface area contributed by atoms with Gasteiger partial charge in [-0.3, -0.25) is 9.47 Å². The number of H-pyrrole nitrogens is 1. The van der Waals surface area contributed by atoms with Crippen LogP contribution < -0.4 is 5.69 Å². The molecule has 1 aromatic heterocycles. The van der Waals surface area contributed by atoms with Crippen LogP contribution in [0.1, 0.15) is 64.0 Å². The standard InChI is InChI=1S/C24H36FN3O3.ClH/c1-4-30-13-14-31-19-5-9-24(3,10-6-19)27-11-7-18(8-12-27)28-22-15-17(2)20(25)16-21(22)26-23(28)29;/h15-16,18-19H,4-14H2,1-3H3,(H,26,29);1H. The number of likely N-dealkylation sites (tertiary alicyclic amines) is 1. The van der Waals surface area contributed by atoms with Gasteiger partial charge in [-0.25, -0.2) is 9.18 Å². The maximum atomic E-state index is 13.9. The summed E-state index contributed by atoms with van der Waals surface area (Å²) in [5, 5.41) is 0. The Morgan fingerprint density at radius 1 is 1.16 bits per heavy atom. The predicted molar refractivity (Wildman–Crippen MR) is 127 cm³/mol. The summed E-state index contributed by atoms with van der Waals surface area (Å²) in [7, 11) is 0. The van der Waals surface area contributed by atoms with Crippen molar-refractivity contribution in [2.45, 2.75) is 77.0 Å². The van der Waals surface area contributed by atoms with E-state index in [-0.39, 0.29) is 35.5 Å². The number of hydrogen-bond donors (Lipinski definition) is 1. The quantitative estimate of drug-likeness (QED) is 0.602. The van der Waals surface area contributed by atoms with E-state index in [0.29, 0.717) is 30.4 Å². The lowest BCUT2D eigenvalue weighted by Crippen LogP contribution is -2.53. The Hall–Kier alpha value is -1.41. The first-order valence-electron chi connectivity index (χ1n) is 11.8. The number of imidazole rings is 1. The number of piperidine rings is 1. The summed E-state index contributed by atoms with van der Waals surface area (Å²) < 4.78 is 27.1. The molecular weight excluding hydrogens is 433 g/mol. The van der Waals surface area contributed by atoms with E-state index >= 15 is 0 Å². The van der Waals surface area contributed by atoms with Crippen LogP contribution in [0.2, 0.25) is 0 Å². The number of nitrogens with zero attached hydrogens (tertiary/aromatic N) is 2. The van der Waals surface area contributed by atoms with Gasteiger partial charge in [0.05, 0.1) is 30.4 Å². The zero-order chi connectivity index (χ0) is 22.0. The number of fused-ring (bicyclic) bond motifs is 1.